The molecule has 0 aliphatic rings. The first kappa shape index (κ1) is 17.5. The van der Waals surface area contributed by atoms with Crippen molar-refractivity contribution >= 4 is 15.8 Å². The van der Waals surface area contributed by atoms with Gasteiger partial charge in [0.25, 0.3) is 10.1 Å². The van der Waals surface area contributed by atoms with Gasteiger partial charge in [-0.2, -0.15) is 8.42 Å². The Labute approximate surface area is 138 Å². The zero-order valence-electron chi connectivity index (χ0n) is 13.5. The second-order valence-corrected chi connectivity index (χ2v) is 7.14. The highest BCUT2D eigenvalue weighted by atomic mass is 32.2. The fourth-order valence-corrected chi connectivity index (χ4v) is 3.70. The van der Waals surface area contributed by atoms with Crippen LogP contribution in [0.5, 0.6) is 0 Å². The lowest BCUT2D eigenvalue weighted by Crippen LogP contribution is -2.35. The number of rotatable bonds is 7. The van der Waals surface area contributed by atoms with E-state index in [-0.39, 0.29) is 0 Å². The van der Waals surface area contributed by atoms with Crippen LogP contribution in [0.25, 0.3) is 0 Å². The third-order valence-electron chi connectivity index (χ3n) is 3.74. The molecule has 1 unspecified atom stereocenters. The molecule has 0 fully saturated rings. The summed E-state index contributed by atoms with van der Waals surface area (Å²) in [6.07, 6.45) is 1.78. The third-order valence-corrected chi connectivity index (χ3v) is 4.83. The van der Waals surface area contributed by atoms with Gasteiger partial charge in [0.2, 0.25) is 0 Å². The largest absolute Gasteiger partial charge is 0.349 e. The van der Waals surface area contributed by atoms with Crippen LogP contribution < -0.4 is 4.90 Å². The van der Waals surface area contributed by atoms with Crippen LogP contribution in [0.2, 0.25) is 0 Å². The van der Waals surface area contributed by atoms with Gasteiger partial charge in [0, 0.05) is 12.2 Å². The average molecular weight is 333 g/mol. The van der Waals surface area contributed by atoms with Gasteiger partial charge in [-0.05, 0) is 36.6 Å². The van der Waals surface area contributed by atoms with Crippen molar-refractivity contribution in [3.8, 4) is 0 Å². The zero-order valence-corrected chi connectivity index (χ0v) is 14.3. The number of unbranched alkanes of at least 4 members (excludes halogenated alkanes) is 1. The Kier molecular flexibility index (Phi) is 5.80. The van der Waals surface area contributed by atoms with Crippen LogP contribution in [0.4, 0.5) is 5.69 Å². The topological polar surface area (TPSA) is 57.6 Å². The lowest BCUT2D eigenvalue weighted by Gasteiger charge is -2.32. The summed E-state index contributed by atoms with van der Waals surface area (Å²) in [6, 6.07) is 16.5. The minimum Gasteiger partial charge on any atom is -0.349 e. The summed E-state index contributed by atoms with van der Waals surface area (Å²) < 4.78 is 34.1. The molecule has 1 N–H and O–H groups in total. The minimum absolute atomic E-state index is 0.555. The number of hydrogen-bond acceptors (Lipinski definition) is 3. The van der Waals surface area contributed by atoms with E-state index in [0.717, 1.165) is 24.1 Å². The molecule has 2 rings (SSSR count). The lowest BCUT2D eigenvalue weighted by atomic mass is 10.1. The monoisotopic (exact) mass is 333 g/mol. The van der Waals surface area contributed by atoms with Crippen molar-refractivity contribution in [3.63, 3.8) is 0 Å². The summed E-state index contributed by atoms with van der Waals surface area (Å²) in [5, 5.41) is -1.10. The molecule has 2 aromatic rings. The maximum Gasteiger partial charge on any atom is 0.290 e. The molecule has 124 valence electrons. The molecular formula is C18H23NO3S. The second kappa shape index (κ2) is 7.62. The predicted molar refractivity (Wildman–Crippen MR) is 94.2 cm³/mol. The molecule has 4 nitrogen and oxygen atoms in total. The molecule has 0 aliphatic carbocycles. The number of anilines is 1. The molecule has 0 amide bonds. The van der Waals surface area contributed by atoms with E-state index >= 15 is 0 Å². The van der Waals surface area contributed by atoms with Crippen molar-refractivity contribution in [1.29, 1.82) is 0 Å². The highest BCUT2D eigenvalue weighted by molar-refractivity contribution is 7.86. The van der Waals surface area contributed by atoms with Crippen LogP contribution >= 0.6 is 0 Å². The molecule has 23 heavy (non-hydrogen) atoms. The summed E-state index contributed by atoms with van der Waals surface area (Å²) in [7, 11) is -4.28. The van der Waals surface area contributed by atoms with Crippen molar-refractivity contribution in [2.75, 3.05) is 11.4 Å². The highest BCUT2D eigenvalue weighted by Crippen LogP contribution is 2.31. The van der Waals surface area contributed by atoms with E-state index in [9.17, 15) is 13.0 Å². The highest BCUT2D eigenvalue weighted by Gasteiger charge is 2.31. The van der Waals surface area contributed by atoms with Gasteiger partial charge in [0.15, 0.2) is 5.37 Å². The summed E-state index contributed by atoms with van der Waals surface area (Å²) in [5.41, 5.74) is 2.41. The zero-order chi connectivity index (χ0) is 16.9. The summed E-state index contributed by atoms with van der Waals surface area (Å²) in [5.74, 6) is 0. The van der Waals surface area contributed by atoms with Crippen LogP contribution in [0, 0.1) is 6.92 Å². The molecule has 0 saturated heterocycles. The van der Waals surface area contributed by atoms with Gasteiger partial charge < -0.3 is 4.90 Å². The average Bonchev–Trinajstić information content (AvgIpc) is 2.51. The van der Waals surface area contributed by atoms with Crippen molar-refractivity contribution in [1.82, 2.24) is 0 Å². The fraction of sp³-hybridized carbons (Fsp3) is 0.333. The van der Waals surface area contributed by atoms with Crippen molar-refractivity contribution in [2.24, 2.45) is 0 Å². The normalized spacial score (nSPS) is 12.8. The fourth-order valence-electron chi connectivity index (χ4n) is 2.65. The van der Waals surface area contributed by atoms with E-state index in [1.165, 1.54) is 0 Å². The van der Waals surface area contributed by atoms with E-state index in [4.69, 9.17) is 0 Å². The van der Waals surface area contributed by atoms with E-state index in [2.05, 4.69) is 6.92 Å². The summed E-state index contributed by atoms with van der Waals surface area (Å²) in [6.45, 7) is 4.57. The molecule has 1 atom stereocenters. The molecule has 0 radical (unpaired) electrons. The smallest absolute Gasteiger partial charge is 0.290 e. The standard InChI is InChI=1S/C18H23NO3S/c1-3-4-13-19(17-12-8-9-15(2)14-17)18(23(20,21)22)16-10-6-5-7-11-16/h5-12,14,18H,3-4,13H2,1-2H3,(H,20,21,22). The number of benzene rings is 2. The van der Waals surface area contributed by atoms with E-state index in [1.54, 1.807) is 29.2 Å². The number of nitrogens with zero attached hydrogens (tertiary/aromatic N) is 1. The first-order valence-electron chi connectivity index (χ1n) is 7.78. The maximum absolute atomic E-state index is 12.1. The predicted octanol–water partition coefficient (Wildman–Crippen LogP) is 4.19. The van der Waals surface area contributed by atoms with Crippen molar-refractivity contribution in [3.05, 3.63) is 65.7 Å². The van der Waals surface area contributed by atoms with Crippen LogP contribution in [0.1, 0.15) is 36.3 Å². The van der Waals surface area contributed by atoms with E-state index in [1.807, 2.05) is 37.3 Å². The molecule has 0 heterocycles. The van der Waals surface area contributed by atoms with Gasteiger partial charge >= 0.3 is 0 Å². The van der Waals surface area contributed by atoms with Gasteiger partial charge in [0.1, 0.15) is 0 Å². The van der Waals surface area contributed by atoms with Crippen LogP contribution in [-0.2, 0) is 10.1 Å². The third kappa shape index (κ3) is 4.56. The molecule has 0 spiro atoms. The quantitative estimate of drug-likeness (QED) is 0.772. The van der Waals surface area contributed by atoms with Crippen LogP contribution in [0.3, 0.4) is 0 Å². The first-order valence-corrected chi connectivity index (χ1v) is 9.28. The van der Waals surface area contributed by atoms with Crippen LogP contribution in [-0.4, -0.2) is 19.5 Å². The first-order chi connectivity index (χ1) is 10.9. The number of hydrogen-bond donors (Lipinski definition) is 1. The lowest BCUT2D eigenvalue weighted by molar-refractivity contribution is 0.463. The Bertz CT molecular complexity index is 729. The van der Waals surface area contributed by atoms with Gasteiger partial charge in [-0.15, -0.1) is 0 Å². The number of aryl methyl sites for hydroxylation is 1. The molecule has 5 heteroatoms. The summed E-state index contributed by atoms with van der Waals surface area (Å²) >= 11 is 0. The van der Waals surface area contributed by atoms with Gasteiger partial charge in [-0.3, -0.25) is 4.55 Å². The molecule has 2 aromatic carbocycles. The van der Waals surface area contributed by atoms with Crippen LogP contribution in [0.15, 0.2) is 54.6 Å². The Hall–Kier alpha value is -1.85. The van der Waals surface area contributed by atoms with E-state index < -0.39 is 15.5 Å². The molecule has 0 aliphatic heterocycles. The maximum atomic E-state index is 12.1. The van der Waals surface area contributed by atoms with Gasteiger partial charge in [-0.1, -0.05) is 55.8 Å². The molecule has 0 saturated carbocycles. The Morgan fingerprint density at radius 1 is 1.09 bits per heavy atom. The Morgan fingerprint density at radius 3 is 2.35 bits per heavy atom. The van der Waals surface area contributed by atoms with Gasteiger partial charge in [0.05, 0.1) is 0 Å². The Morgan fingerprint density at radius 2 is 1.78 bits per heavy atom. The Balaban J connectivity index is 2.53. The SMILES string of the molecule is CCCCN(c1cccc(C)c1)C(c1ccccc1)S(=O)(=O)O. The summed E-state index contributed by atoms with van der Waals surface area (Å²) in [4.78, 5) is 1.77. The van der Waals surface area contributed by atoms with Gasteiger partial charge in [-0.25, -0.2) is 0 Å². The van der Waals surface area contributed by atoms with Crippen molar-refractivity contribution < 1.29 is 13.0 Å². The second-order valence-electron chi connectivity index (χ2n) is 5.66. The van der Waals surface area contributed by atoms with E-state index in [0.29, 0.717) is 12.1 Å². The van der Waals surface area contributed by atoms with Crippen molar-refractivity contribution in [2.45, 2.75) is 32.1 Å². The minimum atomic E-state index is -4.28. The molecular weight excluding hydrogens is 310 g/mol. The molecule has 0 aromatic heterocycles. The molecule has 0 bridgehead atoms.